The van der Waals surface area contributed by atoms with E-state index in [0.29, 0.717) is 17.8 Å². The van der Waals surface area contributed by atoms with Crippen molar-refractivity contribution in [3.05, 3.63) is 82.6 Å². The standard InChI is InChI=1S/C21H23N3O3S2/c1-24(2)19(20-9-6-14-28-20)15-22-21(25)16-10-12-18(13-11-16)29(26,27)23-17-7-4-3-5-8-17/h3-14,19,23H,15H2,1-2H3,(H,22,25)/t19-/m0/s1. The van der Waals surface area contributed by atoms with Crippen molar-refractivity contribution in [1.29, 1.82) is 0 Å². The average Bonchev–Trinajstić information content (AvgIpc) is 3.22. The number of likely N-dealkylation sites (N-methyl/N-ethyl adjacent to an activating group) is 1. The number of nitrogens with one attached hydrogen (secondary N) is 2. The number of anilines is 1. The van der Waals surface area contributed by atoms with E-state index in [1.165, 1.54) is 29.1 Å². The molecule has 1 atom stereocenters. The molecule has 29 heavy (non-hydrogen) atoms. The van der Waals surface area contributed by atoms with Crippen LogP contribution in [0.3, 0.4) is 0 Å². The second kappa shape index (κ2) is 9.21. The van der Waals surface area contributed by atoms with Gasteiger partial charge in [0.05, 0.1) is 10.9 Å². The molecule has 1 amide bonds. The highest BCUT2D eigenvalue weighted by Crippen LogP contribution is 2.22. The quantitative estimate of drug-likeness (QED) is 0.574. The van der Waals surface area contributed by atoms with Crippen molar-refractivity contribution in [2.24, 2.45) is 0 Å². The average molecular weight is 430 g/mol. The Labute approximate surface area is 175 Å². The van der Waals surface area contributed by atoms with Crippen molar-refractivity contribution in [1.82, 2.24) is 10.2 Å². The topological polar surface area (TPSA) is 78.5 Å². The summed E-state index contributed by atoms with van der Waals surface area (Å²) in [6.45, 7) is 0.460. The van der Waals surface area contributed by atoms with Crippen LogP contribution < -0.4 is 10.0 Å². The van der Waals surface area contributed by atoms with Crippen molar-refractivity contribution in [2.75, 3.05) is 25.4 Å². The molecule has 3 aromatic rings. The largest absolute Gasteiger partial charge is 0.350 e. The number of thiophene rings is 1. The van der Waals surface area contributed by atoms with E-state index in [4.69, 9.17) is 0 Å². The molecular weight excluding hydrogens is 406 g/mol. The molecule has 2 aromatic carbocycles. The Bertz CT molecular complexity index is 1030. The molecule has 6 nitrogen and oxygen atoms in total. The minimum Gasteiger partial charge on any atom is -0.350 e. The normalized spacial score (nSPS) is 12.5. The minimum atomic E-state index is -3.71. The van der Waals surface area contributed by atoms with Crippen LogP contribution in [0.25, 0.3) is 0 Å². The van der Waals surface area contributed by atoms with Gasteiger partial charge in [0.25, 0.3) is 15.9 Å². The predicted octanol–water partition coefficient (Wildman–Crippen LogP) is 3.58. The number of amides is 1. The van der Waals surface area contributed by atoms with Gasteiger partial charge in [0.2, 0.25) is 0 Å². The highest BCUT2D eigenvalue weighted by Gasteiger charge is 2.18. The van der Waals surface area contributed by atoms with Crippen LogP contribution >= 0.6 is 11.3 Å². The lowest BCUT2D eigenvalue weighted by molar-refractivity contribution is 0.0942. The Morgan fingerprint density at radius 3 is 2.28 bits per heavy atom. The zero-order valence-corrected chi connectivity index (χ0v) is 17.8. The van der Waals surface area contributed by atoms with Gasteiger partial charge in [0.1, 0.15) is 0 Å². The number of hydrogen-bond acceptors (Lipinski definition) is 5. The van der Waals surface area contributed by atoms with Crippen LogP contribution in [0.1, 0.15) is 21.3 Å². The van der Waals surface area contributed by atoms with Gasteiger partial charge in [-0.2, -0.15) is 0 Å². The Kier molecular flexibility index (Phi) is 6.68. The second-order valence-electron chi connectivity index (χ2n) is 6.70. The molecule has 0 saturated heterocycles. The number of benzene rings is 2. The Morgan fingerprint density at radius 2 is 1.69 bits per heavy atom. The maximum Gasteiger partial charge on any atom is 0.261 e. The first-order valence-corrected chi connectivity index (χ1v) is 11.4. The summed E-state index contributed by atoms with van der Waals surface area (Å²) in [5, 5.41) is 4.94. The minimum absolute atomic E-state index is 0.0775. The van der Waals surface area contributed by atoms with Crippen LogP contribution in [0.15, 0.2) is 77.0 Å². The third-order valence-electron chi connectivity index (χ3n) is 4.40. The lowest BCUT2D eigenvalue weighted by atomic mass is 10.2. The molecule has 8 heteroatoms. The van der Waals surface area contributed by atoms with Crippen molar-refractivity contribution < 1.29 is 13.2 Å². The molecule has 0 aliphatic carbocycles. The first kappa shape index (κ1) is 21.0. The predicted molar refractivity (Wildman–Crippen MR) is 117 cm³/mol. The maximum atomic E-state index is 12.5. The number of hydrogen-bond donors (Lipinski definition) is 2. The zero-order valence-electron chi connectivity index (χ0n) is 16.2. The van der Waals surface area contributed by atoms with Crippen molar-refractivity contribution in [3.8, 4) is 0 Å². The number of rotatable bonds is 8. The molecular formula is C21H23N3O3S2. The van der Waals surface area contributed by atoms with Crippen LogP contribution in [-0.2, 0) is 10.0 Å². The number of para-hydroxylation sites is 1. The first-order valence-electron chi connectivity index (χ1n) is 9.03. The van der Waals surface area contributed by atoms with E-state index in [0.717, 1.165) is 0 Å². The van der Waals surface area contributed by atoms with Gasteiger partial charge in [0.15, 0.2) is 0 Å². The fourth-order valence-corrected chi connectivity index (χ4v) is 4.80. The number of carbonyl (C=O) groups excluding carboxylic acids is 1. The van der Waals surface area contributed by atoms with Crippen LogP contribution in [0, 0.1) is 0 Å². The number of nitrogens with zero attached hydrogens (tertiary/aromatic N) is 1. The summed E-state index contributed by atoms with van der Waals surface area (Å²) in [5.41, 5.74) is 0.893. The molecule has 0 bridgehead atoms. The van der Waals surface area contributed by atoms with E-state index in [9.17, 15) is 13.2 Å². The molecule has 0 aliphatic rings. The highest BCUT2D eigenvalue weighted by atomic mass is 32.2. The van der Waals surface area contributed by atoms with Gasteiger partial charge >= 0.3 is 0 Å². The Balaban J connectivity index is 1.65. The summed E-state index contributed by atoms with van der Waals surface area (Å²) in [5.74, 6) is -0.242. The molecule has 1 heterocycles. The zero-order chi connectivity index (χ0) is 20.9. The number of sulfonamides is 1. The Morgan fingerprint density at radius 1 is 1.00 bits per heavy atom. The van der Waals surface area contributed by atoms with E-state index >= 15 is 0 Å². The molecule has 152 valence electrons. The third-order valence-corrected chi connectivity index (χ3v) is 6.77. The SMILES string of the molecule is CN(C)[C@@H](CNC(=O)c1ccc(S(=O)(=O)Nc2ccccc2)cc1)c1cccs1. The van der Waals surface area contributed by atoms with Crippen LogP contribution in [-0.4, -0.2) is 39.9 Å². The molecule has 2 N–H and O–H groups in total. The fraction of sp³-hybridized carbons (Fsp3) is 0.190. The molecule has 0 aliphatic heterocycles. The fourth-order valence-electron chi connectivity index (χ4n) is 2.82. The highest BCUT2D eigenvalue weighted by molar-refractivity contribution is 7.92. The van der Waals surface area contributed by atoms with Crippen LogP contribution in [0.2, 0.25) is 0 Å². The van der Waals surface area contributed by atoms with Gasteiger partial charge in [-0.15, -0.1) is 11.3 Å². The van der Waals surface area contributed by atoms with E-state index in [1.54, 1.807) is 35.6 Å². The molecule has 0 fully saturated rings. The summed E-state index contributed by atoms with van der Waals surface area (Å²) in [7, 11) is 0.227. The van der Waals surface area contributed by atoms with Gasteiger partial charge in [-0.05, 0) is 61.9 Å². The smallest absolute Gasteiger partial charge is 0.261 e. The Hall–Kier alpha value is -2.68. The second-order valence-corrected chi connectivity index (χ2v) is 9.36. The van der Waals surface area contributed by atoms with Crippen LogP contribution in [0.5, 0.6) is 0 Å². The summed E-state index contributed by atoms with van der Waals surface area (Å²) in [6.07, 6.45) is 0. The molecule has 0 saturated carbocycles. The van der Waals surface area contributed by atoms with E-state index in [1.807, 2.05) is 37.7 Å². The van der Waals surface area contributed by atoms with E-state index < -0.39 is 10.0 Å². The molecule has 3 rings (SSSR count). The monoisotopic (exact) mass is 429 g/mol. The summed E-state index contributed by atoms with van der Waals surface area (Å²) in [4.78, 5) is 15.8. The van der Waals surface area contributed by atoms with Gasteiger partial charge in [-0.25, -0.2) is 8.42 Å². The number of carbonyl (C=O) groups is 1. The van der Waals surface area contributed by atoms with Crippen molar-refractivity contribution in [2.45, 2.75) is 10.9 Å². The third kappa shape index (κ3) is 5.44. The lowest BCUT2D eigenvalue weighted by Gasteiger charge is -2.23. The van der Waals surface area contributed by atoms with Gasteiger partial charge in [-0.1, -0.05) is 24.3 Å². The molecule has 0 spiro atoms. The van der Waals surface area contributed by atoms with E-state index in [-0.39, 0.29) is 16.8 Å². The van der Waals surface area contributed by atoms with Crippen molar-refractivity contribution >= 4 is 33.0 Å². The van der Waals surface area contributed by atoms with E-state index in [2.05, 4.69) is 14.9 Å². The summed E-state index contributed by atoms with van der Waals surface area (Å²) < 4.78 is 27.5. The maximum absolute atomic E-state index is 12.5. The molecule has 1 aromatic heterocycles. The first-order chi connectivity index (χ1) is 13.9. The molecule has 0 radical (unpaired) electrons. The summed E-state index contributed by atoms with van der Waals surface area (Å²) in [6, 6.07) is 18.7. The lowest BCUT2D eigenvalue weighted by Crippen LogP contribution is -2.34. The summed E-state index contributed by atoms with van der Waals surface area (Å²) >= 11 is 1.65. The molecule has 0 unspecified atom stereocenters. The van der Waals surface area contributed by atoms with Gasteiger partial charge < -0.3 is 10.2 Å². The van der Waals surface area contributed by atoms with Crippen molar-refractivity contribution in [3.63, 3.8) is 0 Å². The van der Waals surface area contributed by atoms with Gasteiger partial charge in [-0.3, -0.25) is 9.52 Å². The van der Waals surface area contributed by atoms with Crippen LogP contribution in [0.4, 0.5) is 5.69 Å². The van der Waals surface area contributed by atoms with Gasteiger partial charge in [0, 0.05) is 22.7 Å².